The van der Waals surface area contributed by atoms with Gasteiger partial charge in [0.2, 0.25) is 0 Å². The zero-order chi connectivity index (χ0) is 22.8. The number of nitrogens with zero attached hydrogens (tertiary/aromatic N) is 1. The van der Waals surface area contributed by atoms with Gasteiger partial charge in [0, 0.05) is 5.56 Å². The van der Waals surface area contributed by atoms with Crippen LogP contribution in [-0.2, 0) is 12.4 Å². The van der Waals surface area contributed by atoms with Crippen LogP contribution < -0.4 is 5.32 Å². The lowest BCUT2D eigenvalue weighted by Gasteiger charge is -2.14. The van der Waals surface area contributed by atoms with Crippen molar-refractivity contribution in [2.75, 3.05) is 5.32 Å². The third-order valence-electron chi connectivity index (χ3n) is 4.35. The van der Waals surface area contributed by atoms with E-state index in [0.29, 0.717) is 17.7 Å². The Labute approximate surface area is 172 Å². The largest absolute Gasteiger partial charge is 0.416 e. The van der Waals surface area contributed by atoms with Crippen molar-refractivity contribution in [3.63, 3.8) is 0 Å². The molecule has 0 heterocycles. The lowest BCUT2D eigenvalue weighted by molar-refractivity contribution is -0.143. The number of rotatable bonds is 3. The first-order valence-corrected chi connectivity index (χ1v) is 8.69. The van der Waals surface area contributed by atoms with Gasteiger partial charge >= 0.3 is 12.4 Å². The molecule has 1 N–H and O–H groups in total. The number of carbonyl (C=O) groups is 1. The van der Waals surface area contributed by atoms with Gasteiger partial charge in [-0.05, 0) is 41.5 Å². The van der Waals surface area contributed by atoms with Crippen molar-refractivity contribution in [3.8, 4) is 17.2 Å². The van der Waals surface area contributed by atoms with Gasteiger partial charge in [-0.3, -0.25) is 4.79 Å². The number of amides is 1. The summed E-state index contributed by atoms with van der Waals surface area (Å²) < 4.78 is 78.1. The molecule has 0 atom stereocenters. The summed E-state index contributed by atoms with van der Waals surface area (Å²) in [6.07, 6.45) is -10.2. The zero-order valence-corrected chi connectivity index (χ0v) is 15.5. The van der Waals surface area contributed by atoms with E-state index in [1.54, 1.807) is 36.4 Å². The topological polar surface area (TPSA) is 52.9 Å². The monoisotopic (exact) mass is 434 g/mol. The first-order chi connectivity index (χ1) is 14.5. The number of hydrogen-bond acceptors (Lipinski definition) is 2. The molecule has 0 aliphatic heterocycles. The van der Waals surface area contributed by atoms with E-state index in [2.05, 4.69) is 5.32 Å². The van der Waals surface area contributed by atoms with Crippen molar-refractivity contribution >= 4 is 11.6 Å². The Hall–Kier alpha value is -3.80. The van der Waals surface area contributed by atoms with Crippen molar-refractivity contribution in [1.82, 2.24) is 0 Å². The molecule has 3 aromatic carbocycles. The predicted octanol–water partition coefficient (Wildman–Crippen LogP) is 6.52. The summed E-state index contributed by atoms with van der Waals surface area (Å²) in [5, 5.41) is 11.6. The van der Waals surface area contributed by atoms with Gasteiger partial charge in [0.05, 0.1) is 22.4 Å². The summed E-state index contributed by atoms with van der Waals surface area (Å²) in [7, 11) is 0. The standard InChI is InChI=1S/C22H12F6N2O/c23-21(24,25)17-9-15(10-18(11-17)22(26,27)28)20(31)30-19-7-6-14(8-16(19)12-29)13-4-2-1-3-5-13/h1-11H,(H,30,31). The molecule has 0 saturated heterocycles. The highest BCUT2D eigenvalue weighted by atomic mass is 19.4. The molecule has 3 nitrogen and oxygen atoms in total. The minimum absolute atomic E-state index is 0.00211. The SMILES string of the molecule is N#Cc1cc(-c2ccccc2)ccc1NC(=O)c1cc(C(F)(F)F)cc(C(F)(F)F)c1. The van der Waals surface area contributed by atoms with Crippen LogP contribution in [-0.4, -0.2) is 5.91 Å². The van der Waals surface area contributed by atoms with E-state index in [0.717, 1.165) is 5.56 Å². The first kappa shape index (κ1) is 21.9. The fraction of sp³-hybridized carbons (Fsp3) is 0.0909. The normalized spacial score (nSPS) is 11.6. The average Bonchev–Trinajstić information content (AvgIpc) is 2.73. The second kappa shape index (κ2) is 8.14. The van der Waals surface area contributed by atoms with Crippen molar-refractivity contribution in [2.24, 2.45) is 0 Å². The average molecular weight is 434 g/mol. The molecule has 9 heteroatoms. The van der Waals surface area contributed by atoms with Crippen LogP contribution in [0.1, 0.15) is 27.0 Å². The molecule has 3 aromatic rings. The fourth-order valence-electron chi connectivity index (χ4n) is 2.84. The summed E-state index contributed by atoms with van der Waals surface area (Å²) in [5.74, 6) is -1.21. The molecule has 0 aromatic heterocycles. The van der Waals surface area contributed by atoms with Gasteiger partial charge in [0.25, 0.3) is 5.91 Å². The molecule has 31 heavy (non-hydrogen) atoms. The Balaban J connectivity index is 1.97. The van der Waals surface area contributed by atoms with Crippen molar-refractivity contribution in [2.45, 2.75) is 12.4 Å². The van der Waals surface area contributed by atoms with Crippen LogP contribution in [0, 0.1) is 11.3 Å². The Bertz CT molecular complexity index is 1130. The van der Waals surface area contributed by atoms with Gasteiger partial charge in [-0.15, -0.1) is 0 Å². The molecule has 0 aliphatic rings. The van der Waals surface area contributed by atoms with E-state index in [1.165, 1.54) is 12.1 Å². The van der Waals surface area contributed by atoms with E-state index in [9.17, 15) is 36.4 Å². The first-order valence-electron chi connectivity index (χ1n) is 8.69. The van der Waals surface area contributed by atoms with Crippen LogP contribution in [0.15, 0.2) is 66.7 Å². The minimum Gasteiger partial charge on any atom is -0.321 e. The summed E-state index contributed by atoms with van der Waals surface area (Å²) in [6.45, 7) is 0. The number of anilines is 1. The maximum atomic E-state index is 13.0. The third kappa shape index (κ3) is 5.04. The molecule has 0 unspecified atom stereocenters. The summed E-state index contributed by atoms with van der Waals surface area (Å²) >= 11 is 0. The molecular weight excluding hydrogens is 422 g/mol. The number of hydrogen-bond donors (Lipinski definition) is 1. The molecule has 0 bridgehead atoms. The Morgan fingerprint density at radius 3 is 1.87 bits per heavy atom. The molecule has 0 aliphatic carbocycles. The molecule has 0 radical (unpaired) electrons. The van der Waals surface area contributed by atoms with Gasteiger partial charge in [0.15, 0.2) is 0 Å². The number of halogens is 6. The van der Waals surface area contributed by atoms with Crippen LogP contribution in [0.25, 0.3) is 11.1 Å². The number of benzene rings is 3. The fourth-order valence-corrected chi connectivity index (χ4v) is 2.84. The Kier molecular flexibility index (Phi) is 5.75. The molecule has 3 rings (SSSR count). The zero-order valence-electron chi connectivity index (χ0n) is 15.5. The third-order valence-corrected chi connectivity index (χ3v) is 4.35. The smallest absolute Gasteiger partial charge is 0.321 e. The maximum absolute atomic E-state index is 13.0. The van der Waals surface area contributed by atoms with Gasteiger partial charge in [-0.25, -0.2) is 0 Å². The lowest BCUT2D eigenvalue weighted by atomic mass is 10.0. The maximum Gasteiger partial charge on any atom is 0.416 e. The Morgan fingerprint density at radius 1 is 0.774 bits per heavy atom. The van der Waals surface area contributed by atoms with Crippen LogP contribution in [0.2, 0.25) is 0 Å². The van der Waals surface area contributed by atoms with Crippen molar-refractivity contribution in [3.05, 3.63) is 89.0 Å². The molecule has 0 spiro atoms. The van der Waals surface area contributed by atoms with E-state index in [4.69, 9.17) is 0 Å². The van der Waals surface area contributed by atoms with Gasteiger partial charge in [-0.1, -0.05) is 36.4 Å². The van der Waals surface area contributed by atoms with Crippen molar-refractivity contribution < 1.29 is 31.1 Å². The van der Waals surface area contributed by atoms with Crippen LogP contribution in [0.3, 0.4) is 0 Å². The summed E-state index contributed by atoms with van der Waals surface area (Å²) in [4.78, 5) is 12.4. The van der Waals surface area contributed by atoms with Gasteiger partial charge in [0.1, 0.15) is 6.07 Å². The second-order valence-electron chi connectivity index (χ2n) is 6.49. The highest BCUT2D eigenvalue weighted by Crippen LogP contribution is 2.36. The highest BCUT2D eigenvalue weighted by Gasteiger charge is 2.37. The van der Waals surface area contributed by atoms with E-state index in [-0.39, 0.29) is 17.3 Å². The van der Waals surface area contributed by atoms with Crippen LogP contribution >= 0.6 is 0 Å². The van der Waals surface area contributed by atoms with E-state index >= 15 is 0 Å². The van der Waals surface area contributed by atoms with Gasteiger partial charge < -0.3 is 5.32 Å². The number of nitrogens with one attached hydrogen (secondary N) is 1. The number of carbonyl (C=O) groups excluding carboxylic acids is 1. The highest BCUT2D eigenvalue weighted by molar-refractivity contribution is 6.05. The summed E-state index contributed by atoms with van der Waals surface area (Å²) in [6, 6.07) is 15.8. The molecule has 0 fully saturated rings. The quantitative estimate of drug-likeness (QED) is 0.478. The lowest BCUT2D eigenvalue weighted by Crippen LogP contribution is -2.17. The molecule has 158 valence electrons. The van der Waals surface area contributed by atoms with Crippen LogP contribution in [0.5, 0.6) is 0 Å². The number of alkyl halides is 6. The van der Waals surface area contributed by atoms with E-state index < -0.39 is 35.0 Å². The predicted molar refractivity (Wildman–Crippen MR) is 101 cm³/mol. The molecular formula is C22H12F6N2O. The van der Waals surface area contributed by atoms with Crippen molar-refractivity contribution in [1.29, 1.82) is 5.26 Å². The van der Waals surface area contributed by atoms with Crippen LogP contribution in [0.4, 0.5) is 32.0 Å². The number of nitriles is 1. The Morgan fingerprint density at radius 2 is 1.35 bits per heavy atom. The minimum atomic E-state index is -5.08. The second-order valence-corrected chi connectivity index (χ2v) is 6.49. The van der Waals surface area contributed by atoms with Gasteiger partial charge in [-0.2, -0.15) is 31.6 Å². The molecule has 0 saturated carbocycles. The van der Waals surface area contributed by atoms with E-state index in [1.807, 2.05) is 6.07 Å². The molecule has 1 amide bonds. The summed E-state index contributed by atoms with van der Waals surface area (Å²) in [5.41, 5.74) is -2.66.